The molecule has 2 aliphatic heterocycles. The summed E-state index contributed by atoms with van der Waals surface area (Å²) in [5, 5.41) is 19.2. The molecule has 1 amide bonds. The molecule has 0 aliphatic carbocycles. The van der Waals surface area contributed by atoms with Crippen LogP contribution in [0.3, 0.4) is 0 Å². The number of ether oxygens (including phenoxy) is 1. The van der Waals surface area contributed by atoms with Gasteiger partial charge in [0.2, 0.25) is 5.91 Å². The number of halogens is 4. The molecule has 13 heteroatoms. The summed E-state index contributed by atoms with van der Waals surface area (Å²) in [5.41, 5.74) is 0.678. The maximum absolute atomic E-state index is 13.9. The number of piperidine rings is 1. The van der Waals surface area contributed by atoms with Crippen molar-refractivity contribution in [3.8, 4) is 0 Å². The van der Waals surface area contributed by atoms with Crippen molar-refractivity contribution in [2.45, 2.75) is 38.0 Å². The van der Waals surface area contributed by atoms with Crippen molar-refractivity contribution in [2.24, 2.45) is 5.92 Å². The van der Waals surface area contributed by atoms with Crippen LogP contribution >= 0.6 is 11.6 Å². The molecule has 2 heterocycles. The van der Waals surface area contributed by atoms with Crippen molar-refractivity contribution in [1.29, 1.82) is 0 Å². The summed E-state index contributed by atoms with van der Waals surface area (Å²) in [7, 11) is 0. The predicted molar refractivity (Wildman–Crippen MR) is 136 cm³/mol. The number of carbonyl (C=O) groups is 4. The summed E-state index contributed by atoms with van der Waals surface area (Å²) < 4.78 is 46.1. The van der Waals surface area contributed by atoms with Gasteiger partial charge in [0, 0.05) is 54.5 Å². The van der Waals surface area contributed by atoms with Gasteiger partial charge in [-0.05, 0) is 36.6 Å². The summed E-state index contributed by atoms with van der Waals surface area (Å²) in [6.45, 7) is 1.15. The lowest BCUT2D eigenvalue weighted by Crippen LogP contribution is -2.46. The Hall–Kier alpha value is -3.90. The van der Waals surface area contributed by atoms with Crippen molar-refractivity contribution in [3.05, 3.63) is 82.2 Å². The number of esters is 1. The monoisotopic (exact) mass is 582 g/mol. The van der Waals surface area contributed by atoms with Gasteiger partial charge in [-0.3, -0.25) is 14.5 Å². The molecule has 214 valence electrons. The van der Waals surface area contributed by atoms with Crippen LogP contribution in [0.25, 0.3) is 0 Å². The van der Waals surface area contributed by atoms with Crippen molar-refractivity contribution < 1.29 is 47.3 Å². The summed E-state index contributed by atoms with van der Waals surface area (Å²) >= 11 is 5.91. The molecule has 2 aromatic rings. The molecule has 9 nitrogen and oxygen atoms in total. The van der Waals surface area contributed by atoms with Crippen LogP contribution in [-0.2, 0) is 30.5 Å². The molecule has 2 saturated heterocycles. The number of aliphatic carboxylic acids is 2. The molecular weight excluding hydrogens is 557 g/mol. The SMILES string of the molecule is O=C(O)/C=C\C(=O)O.O=C1C[C@@H](C(=O)NC2CCN(Cc3cc(F)cc(F)c3F)CC2)[C@H](c2ccc(Cl)cc2)O1. The number of nitrogens with one attached hydrogen (secondary N) is 1. The Morgan fingerprint density at radius 1 is 1.02 bits per heavy atom. The Bertz CT molecular complexity index is 1270. The topological polar surface area (TPSA) is 133 Å². The van der Waals surface area contributed by atoms with Crippen LogP contribution in [0, 0.1) is 23.4 Å². The maximum Gasteiger partial charge on any atom is 0.328 e. The Morgan fingerprint density at radius 2 is 1.62 bits per heavy atom. The van der Waals surface area contributed by atoms with Crippen molar-refractivity contribution in [1.82, 2.24) is 10.2 Å². The van der Waals surface area contributed by atoms with E-state index in [4.69, 9.17) is 26.6 Å². The number of carboxylic acids is 2. The largest absolute Gasteiger partial charge is 0.478 e. The highest BCUT2D eigenvalue weighted by molar-refractivity contribution is 6.30. The fourth-order valence-electron chi connectivity index (χ4n) is 4.39. The third-order valence-electron chi connectivity index (χ3n) is 6.31. The minimum atomic E-state index is -1.26. The molecule has 0 radical (unpaired) electrons. The number of likely N-dealkylation sites (tertiary alicyclic amines) is 1. The van der Waals surface area contributed by atoms with Gasteiger partial charge in [0.05, 0.1) is 12.3 Å². The molecule has 0 bridgehead atoms. The number of amides is 1. The maximum atomic E-state index is 13.9. The lowest BCUT2D eigenvalue weighted by molar-refractivity contribution is -0.142. The molecule has 2 atom stereocenters. The second-order valence-corrected chi connectivity index (χ2v) is 9.64. The third-order valence-corrected chi connectivity index (χ3v) is 6.56. The van der Waals surface area contributed by atoms with Crippen LogP contribution in [0.2, 0.25) is 5.02 Å². The molecule has 2 fully saturated rings. The highest BCUT2D eigenvalue weighted by Gasteiger charge is 2.41. The van der Waals surface area contributed by atoms with E-state index in [1.807, 2.05) is 4.90 Å². The van der Waals surface area contributed by atoms with E-state index in [0.717, 1.165) is 6.07 Å². The fourth-order valence-corrected chi connectivity index (χ4v) is 4.52. The third kappa shape index (κ3) is 8.82. The van der Waals surface area contributed by atoms with Crippen LogP contribution in [0.1, 0.15) is 36.5 Å². The Balaban J connectivity index is 0.000000482. The molecule has 0 unspecified atom stereocenters. The van der Waals surface area contributed by atoms with E-state index >= 15 is 0 Å². The number of carboxylic acid groups (broad SMARTS) is 2. The zero-order valence-corrected chi connectivity index (χ0v) is 21.7. The van der Waals surface area contributed by atoms with Gasteiger partial charge in [-0.2, -0.15) is 0 Å². The smallest absolute Gasteiger partial charge is 0.328 e. The minimum absolute atomic E-state index is 0.00236. The molecule has 0 saturated carbocycles. The summed E-state index contributed by atoms with van der Waals surface area (Å²) in [6, 6.07) is 8.24. The normalized spacial score (nSPS) is 19.6. The second-order valence-electron chi connectivity index (χ2n) is 9.20. The standard InChI is InChI=1S/C23H22ClF3N2O3.C4H4O4/c24-15-3-1-13(2-4-15)22-18(11-20(30)32-22)23(31)28-17-5-7-29(8-6-17)12-14-9-16(25)10-19(26)21(14)27;5-3(6)1-2-4(7)8/h1-4,9-10,17-18,22H,5-8,11-12H2,(H,28,31);1-2H,(H,5,6)(H,7,8)/b;2-1-/t18-,22+;/m1./s1. The van der Waals surface area contributed by atoms with Gasteiger partial charge < -0.3 is 20.3 Å². The minimum Gasteiger partial charge on any atom is -0.478 e. The van der Waals surface area contributed by atoms with Gasteiger partial charge in [-0.1, -0.05) is 23.7 Å². The predicted octanol–water partition coefficient (Wildman–Crippen LogP) is 3.85. The van der Waals surface area contributed by atoms with E-state index in [1.54, 1.807) is 24.3 Å². The number of benzene rings is 2. The fraction of sp³-hybridized carbons (Fsp3) is 0.333. The average Bonchev–Trinajstić information content (AvgIpc) is 3.29. The second kappa shape index (κ2) is 13.9. The summed E-state index contributed by atoms with van der Waals surface area (Å²) in [5.74, 6) is -6.89. The molecular formula is C27H26ClF3N2O7. The van der Waals surface area contributed by atoms with E-state index in [2.05, 4.69) is 5.32 Å². The van der Waals surface area contributed by atoms with E-state index in [9.17, 15) is 32.3 Å². The molecule has 4 rings (SSSR count). The lowest BCUT2D eigenvalue weighted by atomic mass is 9.93. The van der Waals surface area contributed by atoms with E-state index < -0.39 is 47.4 Å². The first-order valence-corrected chi connectivity index (χ1v) is 12.6. The molecule has 0 aromatic heterocycles. The number of rotatable bonds is 7. The highest BCUT2D eigenvalue weighted by atomic mass is 35.5. The number of carbonyl (C=O) groups excluding carboxylic acids is 2. The van der Waals surface area contributed by atoms with E-state index in [-0.39, 0.29) is 30.5 Å². The molecule has 2 aromatic carbocycles. The van der Waals surface area contributed by atoms with Crippen molar-refractivity contribution in [3.63, 3.8) is 0 Å². The number of cyclic esters (lactones) is 1. The molecule has 3 N–H and O–H groups in total. The zero-order chi connectivity index (χ0) is 29.4. The Kier molecular flexibility index (Phi) is 10.7. The average molecular weight is 583 g/mol. The molecule has 0 spiro atoms. The van der Waals surface area contributed by atoms with Gasteiger partial charge in [0.25, 0.3) is 0 Å². The van der Waals surface area contributed by atoms with Gasteiger partial charge in [0.1, 0.15) is 11.9 Å². The Labute approximate surface area is 232 Å². The van der Waals surface area contributed by atoms with E-state index in [0.29, 0.717) is 54.7 Å². The highest BCUT2D eigenvalue weighted by Crippen LogP contribution is 2.36. The molecule has 2 aliphatic rings. The first kappa shape index (κ1) is 30.6. The summed E-state index contributed by atoms with van der Waals surface area (Å²) in [6.07, 6.45) is 1.65. The quantitative estimate of drug-likeness (QED) is 0.255. The van der Waals surface area contributed by atoms with Gasteiger partial charge >= 0.3 is 17.9 Å². The van der Waals surface area contributed by atoms with Crippen LogP contribution < -0.4 is 5.32 Å². The molecule has 40 heavy (non-hydrogen) atoms. The van der Waals surface area contributed by atoms with E-state index in [1.165, 1.54) is 0 Å². The first-order valence-electron chi connectivity index (χ1n) is 12.2. The first-order chi connectivity index (χ1) is 18.9. The van der Waals surface area contributed by atoms with Crippen LogP contribution in [-0.4, -0.2) is 58.1 Å². The number of nitrogens with zero attached hydrogens (tertiary/aromatic N) is 1. The number of hydrogen-bond acceptors (Lipinski definition) is 6. The van der Waals surface area contributed by atoms with Gasteiger partial charge in [0.15, 0.2) is 11.6 Å². The van der Waals surface area contributed by atoms with Crippen molar-refractivity contribution >= 4 is 35.4 Å². The number of hydrogen-bond donors (Lipinski definition) is 3. The van der Waals surface area contributed by atoms with Crippen LogP contribution in [0.15, 0.2) is 48.6 Å². The van der Waals surface area contributed by atoms with Crippen molar-refractivity contribution in [2.75, 3.05) is 13.1 Å². The summed E-state index contributed by atoms with van der Waals surface area (Å²) in [4.78, 5) is 45.8. The Morgan fingerprint density at radius 3 is 2.20 bits per heavy atom. The van der Waals surface area contributed by atoms with Gasteiger partial charge in [-0.25, -0.2) is 22.8 Å². The van der Waals surface area contributed by atoms with Crippen LogP contribution in [0.4, 0.5) is 13.2 Å². The zero-order valence-electron chi connectivity index (χ0n) is 21.0. The lowest BCUT2D eigenvalue weighted by Gasteiger charge is -2.33. The van der Waals surface area contributed by atoms with Gasteiger partial charge in [-0.15, -0.1) is 0 Å². The van der Waals surface area contributed by atoms with Crippen LogP contribution in [0.5, 0.6) is 0 Å².